The van der Waals surface area contributed by atoms with Gasteiger partial charge in [-0.2, -0.15) is 0 Å². The minimum absolute atomic E-state index is 0.0447. The smallest absolute Gasteiger partial charge is 0.290 e. The average molecular weight is 354 g/mol. The number of aliphatic hydroxyl groups is 1. The Bertz CT molecular complexity index is 477. The van der Waals surface area contributed by atoms with Crippen molar-refractivity contribution >= 4 is 6.47 Å². The van der Waals surface area contributed by atoms with Crippen LogP contribution in [0.3, 0.4) is 0 Å². The SMILES string of the molecule is CC.CCc1ccc(OC2CC(O)CC(C)O2)cc1C(C)C.O=CO. The number of carboxylic acid groups (broad SMARTS) is 1. The molecule has 1 aliphatic rings. The number of rotatable bonds is 4. The number of benzene rings is 1. The van der Waals surface area contributed by atoms with Gasteiger partial charge >= 0.3 is 0 Å². The van der Waals surface area contributed by atoms with Crippen LogP contribution in [0.2, 0.25) is 0 Å². The van der Waals surface area contributed by atoms with Gasteiger partial charge < -0.3 is 19.7 Å². The van der Waals surface area contributed by atoms with Crippen LogP contribution >= 0.6 is 0 Å². The van der Waals surface area contributed by atoms with E-state index in [1.807, 2.05) is 26.8 Å². The summed E-state index contributed by atoms with van der Waals surface area (Å²) in [4.78, 5) is 8.36. The minimum Gasteiger partial charge on any atom is -0.483 e. The third-order valence-corrected chi connectivity index (χ3v) is 3.84. The zero-order valence-electron chi connectivity index (χ0n) is 16.4. The molecule has 25 heavy (non-hydrogen) atoms. The van der Waals surface area contributed by atoms with Gasteiger partial charge in [0.15, 0.2) is 0 Å². The molecule has 0 radical (unpaired) electrons. The molecule has 0 spiro atoms. The summed E-state index contributed by atoms with van der Waals surface area (Å²) in [5, 5.41) is 16.7. The molecule has 5 heteroatoms. The normalized spacial score (nSPS) is 22.2. The van der Waals surface area contributed by atoms with Crippen LogP contribution in [0, 0.1) is 0 Å². The molecule has 3 unspecified atom stereocenters. The molecule has 3 atom stereocenters. The highest BCUT2D eigenvalue weighted by atomic mass is 16.7. The number of ether oxygens (including phenoxy) is 2. The first-order valence-corrected chi connectivity index (χ1v) is 9.12. The van der Waals surface area contributed by atoms with Crippen molar-refractivity contribution in [2.75, 3.05) is 0 Å². The van der Waals surface area contributed by atoms with Gasteiger partial charge in [-0.15, -0.1) is 0 Å². The van der Waals surface area contributed by atoms with Gasteiger partial charge in [-0.3, -0.25) is 4.79 Å². The van der Waals surface area contributed by atoms with Gasteiger partial charge in [-0.05, 0) is 48.9 Å². The Kier molecular flexibility index (Phi) is 11.9. The minimum atomic E-state index is -0.346. The monoisotopic (exact) mass is 354 g/mol. The Morgan fingerprint density at radius 1 is 1.32 bits per heavy atom. The van der Waals surface area contributed by atoms with Gasteiger partial charge in [0.25, 0.3) is 6.47 Å². The van der Waals surface area contributed by atoms with Gasteiger partial charge in [0.05, 0.1) is 12.2 Å². The zero-order chi connectivity index (χ0) is 19.4. The van der Waals surface area contributed by atoms with Crippen molar-refractivity contribution < 1.29 is 24.5 Å². The fourth-order valence-corrected chi connectivity index (χ4v) is 2.81. The van der Waals surface area contributed by atoms with Crippen molar-refractivity contribution in [3.63, 3.8) is 0 Å². The first-order valence-electron chi connectivity index (χ1n) is 9.12. The van der Waals surface area contributed by atoms with Crippen molar-refractivity contribution in [3.05, 3.63) is 29.3 Å². The molecule has 0 saturated carbocycles. The quantitative estimate of drug-likeness (QED) is 0.786. The van der Waals surface area contributed by atoms with E-state index in [-0.39, 0.29) is 25.0 Å². The molecule has 1 saturated heterocycles. The van der Waals surface area contributed by atoms with Crippen molar-refractivity contribution in [2.24, 2.45) is 0 Å². The zero-order valence-corrected chi connectivity index (χ0v) is 16.4. The van der Waals surface area contributed by atoms with Gasteiger partial charge in [0, 0.05) is 6.42 Å². The van der Waals surface area contributed by atoms with Crippen LogP contribution in [0.15, 0.2) is 18.2 Å². The molecule has 2 rings (SSSR count). The topological polar surface area (TPSA) is 76.0 Å². The summed E-state index contributed by atoms with van der Waals surface area (Å²) in [7, 11) is 0. The Labute approximate surface area is 152 Å². The maximum Gasteiger partial charge on any atom is 0.290 e. The van der Waals surface area contributed by atoms with E-state index in [1.54, 1.807) is 0 Å². The fraction of sp³-hybridized carbons (Fsp3) is 0.650. The van der Waals surface area contributed by atoms with Crippen LogP contribution in [-0.2, 0) is 16.0 Å². The van der Waals surface area contributed by atoms with E-state index in [4.69, 9.17) is 19.4 Å². The molecule has 5 nitrogen and oxygen atoms in total. The molecule has 1 aromatic carbocycles. The standard InChI is InChI=1S/C17H26O3.C2H6.CH2O2/c1-5-13-6-7-15(10-16(13)11(2)3)20-17-9-14(18)8-12(4)19-17;1-2;2-1-3/h6-7,10-12,14,17-18H,5,8-9H2,1-4H3;1-2H3;1H,(H,2,3). The van der Waals surface area contributed by atoms with E-state index >= 15 is 0 Å². The summed E-state index contributed by atoms with van der Waals surface area (Å²) < 4.78 is 11.6. The molecule has 1 aromatic rings. The highest BCUT2D eigenvalue weighted by Crippen LogP contribution is 2.28. The molecule has 144 valence electrons. The van der Waals surface area contributed by atoms with Gasteiger partial charge in [-0.25, -0.2) is 0 Å². The number of aliphatic hydroxyl groups excluding tert-OH is 1. The van der Waals surface area contributed by atoms with E-state index in [1.165, 1.54) is 11.1 Å². The highest BCUT2D eigenvalue weighted by Gasteiger charge is 2.27. The van der Waals surface area contributed by atoms with Crippen LogP contribution in [0.1, 0.15) is 71.4 Å². The first-order chi connectivity index (χ1) is 11.9. The number of carbonyl (C=O) groups is 1. The second kappa shape index (κ2) is 12.7. The van der Waals surface area contributed by atoms with Crippen molar-refractivity contribution in [2.45, 2.75) is 85.2 Å². The Morgan fingerprint density at radius 3 is 2.40 bits per heavy atom. The van der Waals surface area contributed by atoms with Crippen LogP contribution in [0.5, 0.6) is 5.75 Å². The summed E-state index contributed by atoms with van der Waals surface area (Å²) in [5.41, 5.74) is 2.69. The van der Waals surface area contributed by atoms with E-state index < -0.39 is 0 Å². The Hall–Kier alpha value is -1.59. The third-order valence-electron chi connectivity index (χ3n) is 3.84. The molecular weight excluding hydrogens is 320 g/mol. The lowest BCUT2D eigenvalue weighted by Crippen LogP contribution is -2.37. The molecule has 0 aliphatic carbocycles. The molecule has 0 bridgehead atoms. The largest absolute Gasteiger partial charge is 0.483 e. The highest BCUT2D eigenvalue weighted by molar-refractivity contribution is 5.37. The lowest BCUT2D eigenvalue weighted by molar-refractivity contribution is -0.170. The number of hydrogen-bond donors (Lipinski definition) is 2. The predicted octanol–water partition coefficient (Wildman–Crippen LogP) is 4.36. The Balaban J connectivity index is 0.00000104. The summed E-state index contributed by atoms with van der Waals surface area (Å²) in [6, 6.07) is 6.24. The maximum absolute atomic E-state index is 9.79. The van der Waals surface area contributed by atoms with E-state index in [9.17, 15) is 5.11 Å². The Morgan fingerprint density at radius 2 is 1.92 bits per heavy atom. The van der Waals surface area contributed by atoms with Gasteiger partial charge in [-0.1, -0.05) is 40.7 Å². The van der Waals surface area contributed by atoms with Crippen LogP contribution in [0.25, 0.3) is 0 Å². The van der Waals surface area contributed by atoms with Crippen LogP contribution in [-0.4, -0.2) is 35.2 Å². The molecular formula is C20H34O5. The molecule has 0 aromatic heterocycles. The summed E-state index contributed by atoms with van der Waals surface area (Å²) in [6.07, 6.45) is 1.62. The second-order valence-electron chi connectivity index (χ2n) is 6.09. The molecule has 1 heterocycles. The van der Waals surface area contributed by atoms with E-state index in [0.717, 1.165) is 12.2 Å². The molecule has 2 N–H and O–H groups in total. The van der Waals surface area contributed by atoms with Gasteiger partial charge in [0.1, 0.15) is 5.75 Å². The summed E-state index contributed by atoms with van der Waals surface area (Å²) in [5.74, 6) is 1.31. The summed E-state index contributed by atoms with van der Waals surface area (Å²) >= 11 is 0. The van der Waals surface area contributed by atoms with E-state index in [2.05, 4.69) is 32.9 Å². The molecule has 0 amide bonds. The lowest BCUT2D eigenvalue weighted by Gasteiger charge is -2.31. The lowest BCUT2D eigenvalue weighted by atomic mass is 9.95. The third kappa shape index (κ3) is 8.36. The molecule has 1 aliphatic heterocycles. The van der Waals surface area contributed by atoms with E-state index in [0.29, 0.717) is 18.8 Å². The number of hydrogen-bond acceptors (Lipinski definition) is 4. The number of aryl methyl sites for hydroxylation is 1. The maximum atomic E-state index is 9.79. The van der Waals surface area contributed by atoms with Crippen LogP contribution in [0.4, 0.5) is 0 Å². The summed E-state index contributed by atoms with van der Waals surface area (Å²) in [6.45, 7) is 12.3. The van der Waals surface area contributed by atoms with Crippen LogP contribution < -0.4 is 4.74 Å². The first kappa shape index (κ1) is 23.4. The average Bonchev–Trinajstić information content (AvgIpc) is 2.56. The second-order valence-corrected chi connectivity index (χ2v) is 6.09. The van der Waals surface area contributed by atoms with Crippen molar-refractivity contribution in [3.8, 4) is 5.75 Å². The fourth-order valence-electron chi connectivity index (χ4n) is 2.81. The van der Waals surface area contributed by atoms with Gasteiger partial charge in [0.2, 0.25) is 6.29 Å². The van der Waals surface area contributed by atoms with Crippen molar-refractivity contribution in [1.29, 1.82) is 0 Å². The molecule has 1 fully saturated rings. The van der Waals surface area contributed by atoms with Crippen molar-refractivity contribution in [1.82, 2.24) is 0 Å². The predicted molar refractivity (Wildman–Crippen MR) is 100 cm³/mol.